The van der Waals surface area contributed by atoms with Gasteiger partial charge in [0.15, 0.2) is 0 Å². The van der Waals surface area contributed by atoms with E-state index in [1.165, 1.54) is 12.1 Å². The van der Waals surface area contributed by atoms with Crippen LogP contribution in [0.15, 0.2) is 57.4 Å². The Morgan fingerprint density at radius 1 is 1.25 bits per heavy atom. The van der Waals surface area contributed by atoms with Gasteiger partial charge in [0.25, 0.3) is 0 Å². The molecule has 0 aliphatic rings. The molecule has 1 amide bonds. The summed E-state index contributed by atoms with van der Waals surface area (Å²) >= 11 is 3.36. The van der Waals surface area contributed by atoms with Crippen LogP contribution in [0.25, 0.3) is 11.5 Å². The molecular weight excluding hydrogens is 375 g/mol. The van der Waals surface area contributed by atoms with Gasteiger partial charge in [0.05, 0.1) is 12.1 Å². The van der Waals surface area contributed by atoms with Crippen LogP contribution < -0.4 is 5.32 Å². The van der Waals surface area contributed by atoms with E-state index in [4.69, 9.17) is 4.42 Å². The summed E-state index contributed by atoms with van der Waals surface area (Å²) in [7, 11) is 0. The van der Waals surface area contributed by atoms with Crippen molar-refractivity contribution in [1.82, 2.24) is 4.98 Å². The molecule has 0 radical (unpaired) electrons. The summed E-state index contributed by atoms with van der Waals surface area (Å²) in [6.45, 7) is 1.73. The maximum atomic E-state index is 13.3. The molecule has 122 valence electrons. The molecule has 0 fully saturated rings. The van der Waals surface area contributed by atoms with Gasteiger partial charge >= 0.3 is 0 Å². The lowest BCUT2D eigenvalue weighted by Gasteiger charge is -2.04. The average molecular weight is 389 g/mol. The smallest absolute Gasteiger partial charge is 0.230 e. The number of aryl methyl sites for hydroxylation is 1. The zero-order valence-electron chi connectivity index (χ0n) is 12.8. The van der Waals surface area contributed by atoms with E-state index in [1.54, 1.807) is 25.1 Å². The fourth-order valence-electron chi connectivity index (χ4n) is 2.26. The van der Waals surface area contributed by atoms with Crippen molar-refractivity contribution in [2.24, 2.45) is 0 Å². The third-order valence-corrected chi connectivity index (χ3v) is 3.89. The monoisotopic (exact) mass is 388 g/mol. The van der Waals surface area contributed by atoms with Gasteiger partial charge in [-0.05, 0) is 43.3 Å². The summed E-state index contributed by atoms with van der Waals surface area (Å²) in [5.41, 5.74) is 1.76. The zero-order valence-corrected chi connectivity index (χ0v) is 14.4. The van der Waals surface area contributed by atoms with Crippen LogP contribution in [-0.2, 0) is 11.2 Å². The molecule has 0 atom stereocenters. The van der Waals surface area contributed by atoms with Gasteiger partial charge < -0.3 is 9.73 Å². The summed E-state index contributed by atoms with van der Waals surface area (Å²) < 4.78 is 19.7. The number of carbonyl (C=O) groups excluding carboxylic acids is 1. The zero-order chi connectivity index (χ0) is 17.1. The molecule has 0 unspecified atom stereocenters. The van der Waals surface area contributed by atoms with Crippen LogP contribution in [0.2, 0.25) is 0 Å². The molecule has 0 saturated heterocycles. The topological polar surface area (TPSA) is 55.1 Å². The largest absolute Gasteiger partial charge is 0.441 e. The molecule has 4 nitrogen and oxygen atoms in total. The summed E-state index contributed by atoms with van der Waals surface area (Å²) in [6, 6.07) is 13.3. The predicted octanol–water partition coefficient (Wildman–Crippen LogP) is 4.73. The van der Waals surface area contributed by atoms with Crippen molar-refractivity contribution in [1.29, 1.82) is 0 Å². The van der Waals surface area contributed by atoms with Crippen LogP contribution in [0.5, 0.6) is 0 Å². The molecule has 0 saturated carbocycles. The number of amides is 1. The Balaban J connectivity index is 1.75. The number of carbonyl (C=O) groups is 1. The lowest BCUT2D eigenvalue weighted by molar-refractivity contribution is -0.115. The second-order valence-corrected chi connectivity index (χ2v) is 6.18. The van der Waals surface area contributed by atoms with E-state index in [-0.39, 0.29) is 18.1 Å². The molecule has 0 aliphatic heterocycles. The molecule has 0 aliphatic carbocycles. The summed E-state index contributed by atoms with van der Waals surface area (Å²) in [5, 5.41) is 2.81. The number of hydrogen-bond donors (Lipinski definition) is 1. The standard InChI is InChI=1S/C18H14BrFN2O2/c1-11-16(10-17(23)21-15-7-3-5-13(19)9-15)22-18(24-11)12-4-2-6-14(20)8-12/h2-9H,10H2,1H3,(H,21,23). The first-order chi connectivity index (χ1) is 11.5. The molecule has 0 spiro atoms. The Morgan fingerprint density at radius 2 is 2.04 bits per heavy atom. The van der Waals surface area contributed by atoms with Crippen molar-refractivity contribution in [2.45, 2.75) is 13.3 Å². The number of aromatic nitrogens is 1. The van der Waals surface area contributed by atoms with Gasteiger partial charge in [0.2, 0.25) is 11.8 Å². The highest BCUT2D eigenvalue weighted by atomic mass is 79.9. The molecule has 1 heterocycles. The Hall–Kier alpha value is -2.47. The van der Waals surface area contributed by atoms with Crippen molar-refractivity contribution in [3.05, 3.63) is 70.3 Å². The lowest BCUT2D eigenvalue weighted by Crippen LogP contribution is -2.15. The van der Waals surface area contributed by atoms with Gasteiger partial charge in [-0.15, -0.1) is 0 Å². The minimum Gasteiger partial charge on any atom is -0.441 e. The van der Waals surface area contributed by atoms with Crippen molar-refractivity contribution in [3.8, 4) is 11.5 Å². The molecular formula is C18H14BrFN2O2. The molecule has 1 N–H and O–H groups in total. The number of hydrogen-bond acceptors (Lipinski definition) is 3. The van der Waals surface area contributed by atoms with Gasteiger partial charge in [-0.25, -0.2) is 9.37 Å². The van der Waals surface area contributed by atoms with Crippen LogP contribution >= 0.6 is 15.9 Å². The quantitative estimate of drug-likeness (QED) is 0.702. The Kier molecular flexibility index (Phi) is 4.76. The van der Waals surface area contributed by atoms with Gasteiger partial charge in [0, 0.05) is 15.7 Å². The highest BCUT2D eigenvalue weighted by Gasteiger charge is 2.15. The van der Waals surface area contributed by atoms with Crippen molar-refractivity contribution in [2.75, 3.05) is 5.32 Å². The van der Waals surface area contributed by atoms with Crippen molar-refractivity contribution < 1.29 is 13.6 Å². The van der Waals surface area contributed by atoms with Gasteiger partial charge in [-0.1, -0.05) is 28.1 Å². The van der Waals surface area contributed by atoms with Crippen molar-refractivity contribution >= 4 is 27.5 Å². The molecule has 3 rings (SSSR count). The van der Waals surface area contributed by atoms with E-state index >= 15 is 0 Å². The summed E-state index contributed by atoms with van der Waals surface area (Å²) in [4.78, 5) is 16.5. The molecule has 0 bridgehead atoms. The Labute approximate surface area is 146 Å². The first kappa shape index (κ1) is 16.4. The molecule has 2 aromatic carbocycles. The number of nitrogens with zero attached hydrogens (tertiary/aromatic N) is 1. The van der Waals surface area contributed by atoms with E-state index in [0.717, 1.165) is 4.47 Å². The van der Waals surface area contributed by atoms with Gasteiger partial charge in [0.1, 0.15) is 11.6 Å². The molecule has 1 aromatic heterocycles. The molecule has 3 aromatic rings. The number of rotatable bonds is 4. The van der Waals surface area contributed by atoms with E-state index < -0.39 is 0 Å². The number of oxazole rings is 1. The van der Waals surface area contributed by atoms with Crippen molar-refractivity contribution in [3.63, 3.8) is 0 Å². The van der Waals surface area contributed by atoms with Crippen LogP contribution in [0.3, 0.4) is 0 Å². The van der Waals surface area contributed by atoms with E-state index in [0.29, 0.717) is 28.6 Å². The fraction of sp³-hybridized carbons (Fsp3) is 0.111. The SMILES string of the molecule is Cc1oc(-c2cccc(F)c2)nc1CC(=O)Nc1cccc(Br)c1. The summed E-state index contributed by atoms with van der Waals surface area (Å²) in [6.07, 6.45) is 0.0805. The normalized spacial score (nSPS) is 10.6. The summed E-state index contributed by atoms with van der Waals surface area (Å²) in [5.74, 6) is 0.281. The maximum absolute atomic E-state index is 13.3. The first-order valence-electron chi connectivity index (χ1n) is 7.29. The second kappa shape index (κ2) is 6.97. The number of benzene rings is 2. The maximum Gasteiger partial charge on any atom is 0.230 e. The Morgan fingerprint density at radius 3 is 2.79 bits per heavy atom. The Bertz CT molecular complexity index is 892. The van der Waals surface area contributed by atoms with E-state index in [9.17, 15) is 9.18 Å². The minimum absolute atomic E-state index is 0.0805. The van der Waals surface area contributed by atoms with Crippen LogP contribution in [0, 0.1) is 12.7 Å². The van der Waals surface area contributed by atoms with E-state index in [2.05, 4.69) is 26.2 Å². The van der Waals surface area contributed by atoms with E-state index in [1.807, 2.05) is 18.2 Å². The average Bonchev–Trinajstić information content (AvgIpc) is 2.88. The van der Waals surface area contributed by atoms with Crippen LogP contribution in [-0.4, -0.2) is 10.9 Å². The predicted molar refractivity (Wildman–Crippen MR) is 93.1 cm³/mol. The van der Waals surface area contributed by atoms with Crippen LogP contribution in [0.1, 0.15) is 11.5 Å². The number of halogens is 2. The van der Waals surface area contributed by atoms with Gasteiger partial charge in [-0.3, -0.25) is 4.79 Å². The highest BCUT2D eigenvalue weighted by molar-refractivity contribution is 9.10. The first-order valence-corrected chi connectivity index (χ1v) is 8.08. The second-order valence-electron chi connectivity index (χ2n) is 5.27. The minimum atomic E-state index is -0.364. The number of nitrogens with one attached hydrogen (secondary N) is 1. The molecule has 24 heavy (non-hydrogen) atoms. The highest BCUT2D eigenvalue weighted by Crippen LogP contribution is 2.23. The lowest BCUT2D eigenvalue weighted by atomic mass is 10.2. The van der Waals surface area contributed by atoms with Gasteiger partial charge in [-0.2, -0.15) is 0 Å². The van der Waals surface area contributed by atoms with Crippen LogP contribution in [0.4, 0.5) is 10.1 Å². The third kappa shape index (κ3) is 3.89. The number of anilines is 1. The molecule has 6 heteroatoms. The fourth-order valence-corrected chi connectivity index (χ4v) is 2.66. The third-order valence-electron chi connectivity index (χ3n) is 3.40.